The van der Waals surface area contributed by atoms with Crippen LogP contribution in [0.4, 0.5) is 0 Å². The van der Waals surface area contributed by atoms with Crippen molar-refractivity contribution in [1.82, 2.24) is 10.6 Å². The number of hydrogen-bond acceptors (Lipinski definition) is 3. The lowest BCUT2D eigenvalue weighted by molar-refractivity contribution is -0.132. The molecule has 1 aliphatic heterocycles. The molecule has 2 fully saturated rings. The van der Waals surface area contributed by atoms with E-state index in [0.29, 0.717) is 25.8 Å². The summed E-state index contributed by atoms with van der Waals surface area (Å²) in [6.07, 6.45) is 7.19. The molecule has 1 saturated carbocycles. The smallest absolute Gasteiger partial charge is 0.242 e. The fraction of sp³-hybridized carbons (Fsp3) is 0.857. The second kappa shape index (κ2) is 6.37. The van der Waals surface area contributed by atoms with E-state index in [1.807, 2.05) is 0 Å². The normalized spacial score (nSPS) is 27.2. The zero-order valence-corrected chi connectivity index (χ0v) is 11.4. The van der Waals surface area contributed by atoms with Crippen LogP contribution in [0.3, 0.4) is 0 Å². The quantitative estimate of drug-likeness (QED) is 0.710. The average molecular weight is 268 g/mol. The molecule has 0 aromatic carbocycles. The highest BCUT2D eigenvalue weighted by atomic mass is 16.3. The van der Waals surface area contributed by atoms with Crippen LogP contribution in [0.1, 0.15) is 57.8 Å². The molecule has 19 heavy (non-hydrogen) atoms. The Hall–Kier alpha value is -1.10. The molecular formula is C14H24N2O3. The summed E-state index contributed by atoms with van der Waals surface area (Å²) < 4.78 is 0. The third-order valence-electron chi connectivity index (χ3n) is 4.14. The maximum Gasteiger partial charge on any atom is 0.242 e. The van der Waals surface area contributed by atoms with Gasteiger partial charge in [-0.2, -0.15) is 0 Å². The van der Waals surface area contributed by atoms with Gasteiger partial charge in [0.2, 0.25) is 11.8 Å². The predicted octanol–water partition coefficient (Wildman–Crippen LogP) is 0.857. The van der Waals surface area contributed by atoms with Gasteiger partial charge in [-0.15, -0.1) is 0 Å². The molecule has 108 valence electrons. The molecule has 5 heteroatoms. The van der Waals surface area contributed by atoms with Gasteiger partial charge in [0.25, 0.3) is 0 Å². The van der Waals surface area contributed by atoms with Crippen molar-refractivity contribution in [1.29, 1.82) is 0 Å². The third kappa shape index (κ3) is 4.20. The fourth-order valence-electron chi connectivity index (χ4n) is 3.01. The van der Waals surface area contributed by atoms with Crippen LogP contribution in [0.5, 0.6) is 0 Å². The van der Waals surface area contributed by atoms with Crippen LogP contribution < -0.4 is 10.6 Å². The van der Waals surface area contributed by atoms with E-state index in [9.17, 15) is 14.7 Å². The van der Waals surface area contributed by atoms with Crippen molar-refractivity contribution in [2.45, 2.75) is 69.4 Å². The first kappa shape index (κ1) is 14.3. The van der Waals surface area contributed by atoms with E-state index in [1.54, 1.807) is 0 Å². The van der Waals surface area contributed by atoms with Gasteiger partial charge >= 0.3 is 0 Å². The Balaban J connectivity index is 1.84. The first-order chi connectivity index (χ1) is 9.09. The average Bonchev–Trinajstić information content (AvgIpc) is 2.55. The van der Waals surface area contributed by atoms with Crippen molar-refractivity contribution < 1.29 is 14.7 Å². The number of carbonyl (C=O) groups excluding carboxylic acids is 2. The summed E-state index contributed by atoms with van der Waals surface area (Å²) in [5.41, 5.74) is -0.858. The van der Waals surface area contributed by atoms with Gasteiger partial charge in [0, 0.05) is 6.54 Å². The third-order valence-corrected chi connectivity index (χ3v) is 4.14. The fourth-order valence-corrected chi connectivity index (χ4v) is 3.01. The Kier molecular flexibility index (Phi) is 4.80. The molecule has 3 N–H and O–H groups in total. The monoisotopic (exact) mass is 268 g/mol. The number of hydrogen-bond donors (Lipinski definition) is 3. The van der Waals surface area contributed by atoms with E-state index in [4.69, 9.17) is 0 Å². The maximum atomic E-state index is 12.0. The van der Waals surface area contributed by atoms with Crippen LogP contribution in [0, 0.1) is 0 Å². The first-order valence-electron chi connectivity index (χ1n) is 7.39. The van der Waals surface area contributed by atoms with Crippen LogP contribution in [0.25, 0.3) is 0 Å². The zero-order chi connectivity index (χ0) is 13.7. The second-order valence-corrected chi connectivity index (χ2v) is 5.87. The summed E-state index contributed by atoms with van der Waals surface area (Å²) in [5, 5.41) is 15.9. The van der Waals surface area contributed by atoms with E-state index in [1.165, 1.54) is 0 Å². The minimum atomic E-state index is -0.858. The molecule has 2 rings (SSSR count). The molecular weight excluding hydrogens is 244 g/mol. The predicted molar refractivity (Wildman–Crippen MR) is 71.4 cm³/mol. The van der Waals surface area contributed by atoms with Crippen molar-refractivity contribution in [3.63, 3.8) is 0 Å². The lowest BCUT2D eigenvalue weighted by Gasteiger charge is -2.31. The Bertz CT molecular complexity index is 338. The van der Waals surface area contributed by atoms with Crippen molar-refractivity contribution in [3.8, 4) is 0 Å². The zero-order valence-electron chi connectivity index (χ0n) is 11.4. The van der Waals surface area contributed by atoms with E-state index in [-0.39, 0.29) is 18.2 Å². The molecule has 1 aliphatic carbocycles. The van der Waals surface area contributed by atoms with Crippen LogP contribution in [-0.4, -0.2) is 35.1 Å². The molecule has 0 spiro atoms. The van der Waals surface area contributed by atoms with E-state index in [2.05, 4.69) is 10.6 Å². The molecule has 2 amide bonds. The van der Waals surface area contributed by atoms with E-state index < -0.39 is 11.6 Å². The summed E-state index contributed by atoms with van der Waals surface area (Å²) in [7, 11) is 0. The molecule has 0 aromatic rings. The first-order valence-corrected chi connectivity index (χ1v) is 7.39. The molecule has 2 aliphatic rings. The summed E-state index contributed by atoms with van der Waals surface area (Å²) in [6.45, 7) is 0.690. The summed E-state index contributed by atoms with van der Waals surface area (Å²) in [4.78, 5) is 23.7. The topological polar surface area (TPSA) is 78.4 Å². The molecule has 0 aromatic heterocycles. The van der Waals surface area contributed by atoms with Gasteiger partial charge in [-0.05, 0) is 32.1 Å². The van der Waals surface area contributed by atoms with Gasteiger partial charge in [-0.1, -0.05) is 19.3 Å². The number of amides is 2. The molecule has 1 unspecified atom stereocenters. The summed E-state index contributed by atoms with van der Waals surface area (Å²) in [5.74, 6) is -0.298. The summed E-state index contributed by atoms with van der Waals surface area (Å²) in [6, 6.07) is -0.429. The number of rotatable bonds is 3. The number of aliphatic hydroxyl groups is 1. The molecule has 0 bridgehead atoms. The standard InChI is InChI=1S/C14H24N2O3/c17-12(10-14(19)7-3-1-4-8-14)16-11-6-2-5-9-15-13(11)18/h11,19H,1-10H2,(H,15,18)(H,16,17). The van der Waals surface area contributed by atoms with Crippen LogP contribution in [0.15, 0.2) is 0 Å². The molecule has 1 heterocycles. The minimum Gasteiger partial charge on any atom is -0.389 e. The number of nitrogens with one attached hydrogen (secondary N) is 2. The lowest BCUT2D eigenvalue weighted by Crippen LogP contribution is -2.48. The van der Waals surface area contributed by atoms with Gasteiger partial charge in [0.1, 0.15) is 6.04 Å². The van der Waals surface area contributed by atoms with Crippen LogP contribution in [0.2, 0.25) is 0 Å². The van der Waals surface area contributed by atoms with Gasteiger partial charge < -0.3 is 15.7 Å². The molecule has 0 radical (unpaired) electrons. The van der Waals surface area contributed by atoms with Crippen molar-refractivity contribution in [2.75, 3.05) is 6.54 Å². The second-order valence-electron chi connectivity index (χ2n) is 5.87. The SMILES string of the molecule is O=C(CC1(O)CCCCC1)NC1CCCCNC1=O. The van der Waals surface area contributed by atoms with Crippen molar-refractivity contribution in [3.05, 3.63) is 0 Å². The van der Waals surface area contributed by atoms with Gasteiger partial charge in [0.15, 0.2) is 0 Å². The van der Waals surface area contributed by atoms with Crippen molar-refractivity contribution >= 4 is 11.8 Å². The summed E-state index contributed by atoms with van der Waals surface area (Å²) >= 11 is 0. The lowest BCUT2D eigenvalue weighted by atomic mass is 9.82. The highest BCUT2D eigenvalue weighted by molar-refractivity contribution is 5.88. The molecule has 1 saturated heterocycles. The Morgan fingerprint density at radius 2 is 2.00 bits per heavy atom. The molecule has 1 atom stereocenters. The van der Waals surface area contributed by atoms with Crippen molar-refractivity contribution in [2.24, 2.45) is 0 Å². The van der Waals surface area contributed by atoms with Crippen LogP contribution >= 0.6 is 0 Å². The van der Waals surface area contributed by atoms with E-state index >= 15 is 0 Å². The Labute approximate surface area is 114 Å². The van der Waals surface area contributed by atoms with E-state index in [0.717, 1.165) is 32.1 Å². The Morgan fingerprint density at radius 1 is 1.26 bits per heavy atom. The molecule has 5 nitrogen and oxygen atoms in total. The maximum absolute atomic E-state index is 12.0. The number of carbonyl (C=O) groups is 2. The van der Waals surface area contributed by atoms with Gasteiger partial charge in [0.05, 0.1) is 12.0 Å². The van der Waals surface area contributed by atoms with Gasteiger partial charge in [-0.25, -0.2) is 0 Å². The highest BCUT2D eigenvalue weighted by Gasteiger charge is 2.33. The largest absolute Gasteiger partial charge is 0.389 e. The van der Waals surface area contributed by atoms with Gasteiger partial charge in [-0.3, -0.25) is 9.59 Å². The van der Waals surface area contributed by atoms with Crippen LogP contribution in [-0.2, 0) is 9.59 Å². The minimum absolute atomic E-state index is 0.0958. The highest BCUT2D eigenvalue weighted by Crippen LogP contribution is 2.30. The Morgan fingerprint density at radius 3 is 2.74 bits per heavy atom.